The molecule has 2 heteroatoms. The fourth-order valence-corrected chi connectivity index (χ4v) is 7.48. The van der Waals surface area contributed by atoms with Gasteiger partial charge in [-0.1, -0.05) is 152 Å². The van der Waals surface area contributed by atoms with E-state index in [0.717, 1.165) is 33.1 Å². The third-order valence-electron chi connectivity index (χ3n) is 9.91. The van der Waals surface area contributed by atoms with E-state index in [4.69, 9.17) is 4.98 Å². The summed E-state index contributed by atoms with van der Waals surface area (Å²) in [6.45, 7) is 0. The van der Waals surface area contributed by atoms with Crippen molar-refractivity contribution in [3.63, 3.8) is 0 Å². The molecular formula is C46H28N2. The number of rotatable bonds is 4. The molecule has 0 spiro atoms. The van der Waals surface area contributed by atoms with Gasteiger partial charge in [-0.2, -0.15) is 0 Å². The van der Waals surface area contributed by atoms with Crippen LogP contribution in [0.2, 0.25) is 0 Å². The van der Waals surface area contributed by atoms with Gasteiger partial charge in [0.05, 0.1) is 16.7 Å². The minimum Gasteiger partial charge on any atom is -0.254 e. The van der Waals surface area contributed by atoms with E-state index in [1.807, 2.05) is 12.3 Å². The molecule has 0 radical (unpaired) electrons. The first-order valence-corrected chi connectivity index (χ1v) is 16.4. The summed E-state index contributed by atoms with van der Waals surface area (Å²) in [5.41, 5.74) is 16.6. The molecule has 0 bridgehead atoms. The zero-order chi connectivity index (χ0) is 31.6. The van der Waals surface area contributed by atoms with E-state index in [1.54, 1.807) is 0 Å². The summed E-state index contributed by atoms with van der Waals surface area (Å²) < 4.78 is 0. The molecule has 9 aromatic rings. The topological polar surface area (TPSA) is 25.8 Å². The van der Waals surface area contributed by atoms with Crippen LogP contribution < -0.4 is 0 Å². The van der Waals surface area contributed by atoms with Gasteiger partial charge >= 0.3 is 0 Å². The van der Waals surface area contributed by atoms with Gasteiger partial charge in [-0.25, -0.2) is 4.98 Å². The first-order chi connectivity index (χ1) is 23.8. The lowest BCUT2D eigenvalue weighted by Gasteiger charge is -2.11. The van der Waals surface area contributed by atoms with Crippen molar-refractivity contribution >= 4 is 32.6 Å². The van der Waals surface area contributed by atoms with Gasteiger partial charge in [-0.15, -0.1) is 0 Å². The van der Waals surface area contributed by atoms with Crippen LogP contribution in [0.1, 0.15) is 0 Å². The van der Waals surface area contributed by atoms with Gasteiger partial charge in [0.2, 0.25) is 0 Å². The first kappa shape index (κ1) is 26.8. The largest absolute Gasteiger partial charge is 0.254 e. The third-order valence-corrected chi connectivity index (χ3v) is 9.91. The van der Waals surface area contributed by atoms with Crippen molar-refractivity contribution in [2.75, 3.05) is 0 Å². The molecule has 0 saturated heterocycles. The number of benzene rings is 7. The van der Waals surface area contributed by atoms with Crippen LogP contribution in [0.5, 0.6) is 0 Å². The second-order valence-electron chi connectivity index (χ2n) is 12.6. The second-order valence-corrected chi connectivity index (χ2v) is 12.6. The summed E-state index contributed by atoms with van der Waals surface area (Å²) in [5.74, 6) is 0. The highest BCUT2D eigenvalue weighted by Crippen LogP contribution is 2.49. The maximum atomic E-state index is 5.02. The Morgan fingerprint density at radius 3 is 1.50 bits per heavy atom. The van der Waals surface area contributed by atoms with E-state index in [9.17, 15) is 0 Å². The van der Waals surface area contributed by atoms with Crippen LogP contribution in [-0.4, -0.2) is 9.97 Å². The monoisotopic (exact) mass is 608 g/mol. The molecule has 0 fully saturated rings. The quantitative estimate of drug-likeness (QED) is 0.186. The molecule has 222 valence electrons. The average molecular weight is 609 g/mol. The number of fused-ring (bicyclic) bond motifs is 6. The van der Waals surface area contributed by atoms with Crippen LogP contribution in [0.3, 0.4) is 0 Å². The van der Waals surface area contributed by atoms with Gasteiger partial charge < -0.3 is 0 Å². The predicted octanol–water partition coefficient (Wildman–Crippen LogP) is 12.3. The molecule has 0 N–H and O–H groups in total. The van der Waals surface area contributed by atoms with E-state index in [-0.39, 0.29) is 0 Å². The molecule has 1 aliphatic rings. The van der Waals surface area contributed by atoms with E-state index < -0.39 is 0 Å². The van der Waals surface area contributed by atoms with Crippen LogP contribution >= 0.6 is 0 Å². The summed E-state index contributed by atoms with van der Waals surface area (Å²) in [7, 11) is 0. The van der Waals surface area contributed by atoms with Gasteiger partial charge in [0, 0.05) is 22.5 Å². The standard InChI is InChI=1S/C46H28N2/c1-2-7-39-38(6-1)41-9-3-8-40-37(25-26-42(39)44(40)41)33-18-14-31(15-19-33)29-10-12-30(13-11-29)32-16-20-34(21-17-32)43-27-24-36-23-22-35-5-4-28-47-45(35)46(36)48-43/h1-28H. The van der Waals surface area contributed by atoms with E-state index in [0.29, 0.717) is 0 Å². The van der Waals surface area contributed by atoms with Crippen LogP contribution in [-0.2, 0) is 0 Å². The lowest BCUT2D eigenvalue weighted by Crippen LogP contribution is -1.89. The zero-order valence-corrected chi connectivity index (χ0v) is 26.1. The molecule has 0 atom stereocenters. The minimum absolute atomic E-state index is 0.939. The van der Waals surface area contributed by atoms with Gasteiger partial charge in [0.25, 0.3) is 0 Å². The van der Waals surface area contributed by atoms with E-state index >= 15 is 0 Å². The van der Waals surface area contributed by atoms with Gasteiger partial charge in [0.15, 0.2) is 0 Å². The molecule has 0 aliphatic heterocycles. The number of nitrogens with zero attached hydrogens (tertiary/aromatic N) is 2. The summed E-state index contributed by atoms with van der Waals surface area (Å²) in [5, 5.41) is 4.88. The number of hydrogen-bond acceptors (Lipinski definition) is 2. The predicted molar refractivity (Wildman–Crippen MR) is 201 cm³/mol. The Morgan fingerprint density at radius 1 is 0.312 bits per heavy atom. The SMILES string of the molecule is c1ccc2c(c1)-c1cccc3c(-c4ccc(-c5ccc(-c6ccc(-c7ccc8ccc9cccnc9c8n7)cc6)cc5)cc4)ccc-2c13. The summed E-state index contributed by atoms with van der Waals surface area (Å²) >= 11 is 0. The van der Waals surface area contributed by atoms with Gasteiger partial charge in [0.1, 0.15) is 0 Å². The van der Waals surface area contributed by atoms with Gasteiger partial charge in [-0.05, 0) is 78.5 Å². The van der Waals surface area contributed by atoms with Crippen molar-refractivity contribution in [1.82, 2.24) is 9.97 Å². The third kappa shape index (κ3) is 4.20. The summed E-state index contributed by atoms with van der Waals surface area (Å²) in [6.07, 6.45) is 1.83. The van der Waals surface area contributed by atoms with Crippen LogP contribution in [0.4, 0.5) is 0 Å². The molecule has 10 rings (SSSR count). The van der Waals surface area contributed by atoms with Gasteiger partial charge in [-0.3, -0.25) is 4.98 Å². The molecular weight excluding hydrogens is 581 g/mol. The van der Waals surface area contributed by atoms with Crippen molar-refractivity contribution in [3.8, 4) is 66.9 Å². The Hall–Kier alpha value is -6.38. The fraction of sp³-hybridized carbons (Fsp3) is 0. The van der Waals surface area contributed by atoms with Crippen molar-refractivity contribution in [2.24, 2.45) is 0 Å². The molecule has 2 aromatic heterocycles. The summed E-state index contributed by atoms with van der Waals surface area (Å²) in [4.78, 5) is 9.63. The minimum atomic E-state index is 0.939. The Labute approximate surface area is 278 Å². The maximum Gasteiger partial charge on any atom is 0.0972 e. The molecule has 1 aliphatic carbocycles. The van der Waals surface area contributed by atoms with Crippen molar-refractivity contribution in [3.05, 3.63) is 170 Å². The number of pyridine rings is 2. The second kappa shape index (κ2) is 10.6. The number of aromatic nitrogens is 2. The molecule has 0 amide bonds. The highest BCUT2D eigenvalue weighted by Gasteiger charge is 2.22. The molecule has 48 heavy (non-hydrogen) atoms. The highest BCUT2D eigenvalue weighted by molar-refractivity contribution is 6.18. The fourth-order valence-electron chi connectivity index (χ4n) is 7.48. The van der Waals surface area contributed by atoms with Crippen molar-refractivity contribution in [1.29, 1.82) is 0 Å². The highest BCUT2D eigenvalue weighted by atomic mass is 14.7. The maximum absolute atomic E-state index is 5.02. The van der Waals surface area contributed by atoms with E-state index in [1.165, 1.54) is 66.4 Å². The number of hydrogen-bond donors (Lipinski definition) is 0. The molecule has 2 heterocycles. The lowest BCUT2D eigenvalue weighted by molar-refractivity contribution is 1.37. The lowest BCUT2D eigenvalue weighted by atomic mass is 9.93. The normalized spacial score (nSPS) is 11.8. The average Bonchev–Trinajstić information content (AvgIpc) is 3.50. The molecule has 0 unspecified atom stereocenters. The molecule has 2 nitrogen and oxygen atoms in total. The smallest absolute Gasteiger partial charge is 0.0972 e. The molecule has 0 saturated carbocycles. The molecule has 7 aromatic carbocycles. The van der Waals surface area contributed by atoms with Crippen LogP contribution in [0, 0.1) is 0 Å². The zero-order valence-electron chi connectivity index (χ0n) is 26.1. The van der Waals surface area contributed by atoms with Crippen molar-refractivity contribution < 1.29 is 0 Å². The first-order valence-electron chi connectivity index (χ1n) is 16.4. The van der Waals surface area contributed by atoms with Crippen LogP contribution in [0.25, 0.3) is 99.5 Å². The Bertz CT molecular complexity index is 2660. The van der Waals surface area contributed by atoms with Crippen LogP contribution in [0.15, 0.2) is 170 Å². The van der Waals surface area contributed by atoms with Crippen molar-refractivity contribution in [2.45, 2.75) is 0 Å². The van der Waals surface area contributed by atoms with E-state index in [2.05, 4.69) is 163 Å². The Kier molecular flexibility index (Phi) is 5.91. The Balaban J connectivity index is 0.914. The Morgan fingerprint density at radius 2 is 0.833 bits per heavy atom. The summed E-state index contributed by atoms with van der Waals surface area (Å²) in [6, 6.07) is 59.1.